The number of nitrogens with two attached hydrogens (primary N) is 1. The van der Waals surface area contributed by atoms with Crippen LogP contribution in [0.3, 0.4) is 0 Å². The molecule has 38 heavy (non-hydrogen) atoms. The lowest BCUT2D eigenvalue weighted by molar-refractivity contribution is -0.113. The maximum Gasteiger partial charge on any atom is 0.269 e. The number of benzene rings is 1. The van der Waals surface area contributed by atoms with E-state index in [0.29, 0.717) is 22.9 Å². The molecule has 0 radical (unpaired) electrons. The van der Waals surface area contributed by atoms with Crippen molar-refractivity contribution in [2.45, 2.75) is 47.2 Å². The van der Waals surface area contributed by atoms with Gasteiger partial charge < -0.3 is 26.5 Å². The molecule has 0 bridgehead atoms. The number of nitrogens with one attached hydrogen (secondary N) is 3. The fourth-order valence-electron chi connectivity index (χ4n) is 4.41. The second kappa shape index (κ2) is 10.5. The van der Waals surface area contributed by atoms with Gasteiger partial charge in [-0.3, -0.25) is 4.79 Å². The summed E-state index contributed by atoms with van der Waals surface area (Å²) in [6.07, 6.45) is 3.70. The number of halogens is 2. The lowest BCUT2D eigenvalue weighted by atomic mass is 10.0. The monoisotopic (exact) mass is 520 g/mol. The standard InChI is InChI=1S/C28H30F2N6O2/c1-6-13(2)22-23-15(4)21(37)10-9-20(23)35-24(22)25(26(31)38)34-16(5)18-11-17(29)12-32-27(18)36-28-19(30)8-7-14(3)33-28/h7-12,28,33,35,37H,6H2,1-5H3,(H2,31,38)(H,32,36)/b22-13+,25-24+,34-16?. The minimum atomic E-state index is -0.915. The van der Waals surface area contributed by atoms with Gasteiger partial charge >= 0.3 is 0 Å². The van der Waals surface area contributed by atoms with Gasteiger partial charge in [0.15, 0.2) is 11.9 Å². The highest BCUT2D eigenvalue weighted by Crippen LogP contribution is 2.24. The predicted molar refractivity (Wildman–Crippen MR) is 146 cm³/mol. The highest BCUT2D eigenvalue weighted by molar-refractivity contribution is 6.17. The summed E-state index contributed by atoms with van der Waals surface area (Å²) in [5, 5.41) is 18.1. The summed E-state index contributed by atoms with van der Waals surface area (Å²) in [6, 6.07) is 4.50. The molecule has 1 aromatic carbocycles. The molecule has 0 fully saturated rings. The Balaban J connectivity index is 1.96. The number of aromatic nitrogens is 2. The Hall–Kier alpha value is -4.47. The van der Waals surface area contributed by atoms with Crippen molar-refractivity contribution in [2.24, 2.45) is 10.7 Å². The second-order valence-electron chi connectivity index (χ2n) is 9.22. The molecule has 8 nitrogen and oxygen atoms in total. The third-order valence-electron chi connectivity index (χ3n) is 6.57. The molecule has 4 rings (SSSR count). The molecule has 1 aliphatic heterocycles. The molecule has 0 saturated carbocycles. The van der Waals surface area contributed by atoms with Crippen LogP contribution >= 0.6 is 0 Å². The van der Waals surface area contributed by atoms with E-state index >= 15 is 0 Å². The molecule has 1 amide bonds. The number of hydrogen-bond donors (Lipinski definition) is 5. The van der Waals surface area contributed by atoms with E-state index in [2.05, 4.69) is 25.6 Å². The van der Waals surface area contributed by atoms with E-state index in [1.165, 1.54) is 12.1 Å². The summed E-state index contributed by atoms with van der Waals surface area (Å²) < 4.78 is 28.7. The van der Waals surface area contributed by atoms with E-state index < -0.39 is 23.7 Å². The number of amides is 1. The molecule has 2 aromatic heterocycles. The number of anilines is 1. The first-order valence-electron chi connectivity index (χ1n) is 12.1. The van der Waals surface area contributed by atoms with Crippen LogP contribution in [0.1, 0.15) is 45.2 Å². The average Bonchev–Trinajstić information content (AvgIpc) is 3.27. The van der Waals surface area contributed by atoms with Crippen LogP contribution in [-0.2, 0) is 4.79 Å². The lowest BCUT2D eigenvalue weighted by Crippen LogP contribution is -2.38. The Kier molecular flexibility index (Phi) is 7.34. The number of allylic oxidation sites excluding steroid dienone is 3. The molecule has 0 aliphatic carbocycles. The van der Waals surface area contributed by atoms with Crippen LogP contribution in [0.5, 0.6) is 5.75 Å². The Morgan fingerprint density at radius 2 is 1.97 bits per heavy atom. The topological polar surface area (TPSA) is 128 Å². The van der Waals surface area contributed by atoms with Gasteiger partial charge in [-0.15, -0.1) is 0 Å². The van der Waals surface area contributed by atoms with Gasteiger partial charge in [-0.25, -0.2) is 18.8 Å². The number of carbonyl (C=O) groups excluding carboxylic acids is 1. The van der Waals surface area contributed by atoms with Crippen LogP contribution in [0.4, 0.5) is 14.6 Å². The number of dihydropyridines is 1. The second-order valence-corrected chi connectivity index (χ2v) is 9.22. The number of phenolic OH excluding ortho intramolecular Hbond substituents is 1. The number of fused-ring (bicyclic) bond motifs is 1. The Morgan fingerprint density at radius 1 is 1.24 bits per heavy atom. The first-order valence-corrected chi connectivity index (χ1v) is 12.1. The molecule has 1 atom stereocenters. The van der Waals surface area contributed by atoms with Gasteiger partial charge in [-0.05, 0) is 64.5 Å². The average molecular weight is 521 g/mol. The first kappa shape index (κ1) is 26.6. The highest BCUT2D eigenvalue weighted by atomic mass is 19.1. The molecule has 3 heterocycles. The number of pyridine rings is 1. The number of aromatic hydroxyl groups is 1. The summed E-state index contributed by atoms with van der Waals surface area (Å²) in [5.74, 6) is -1.61. The van der Waals surface area contributed by atoms with E-state index in [1.54, 1.807) is 39.0 Å². The van der Waals surface area contributed by atoms with Crippen molar-refractivity contribution >= 4 is 39.6 Å². The van der Waals surface area contributed by atoms with Crippen molar-refractivity contribution in [1.29, 1.82) is 0 Å². The maximum atomic E-state index is 14.4. The minimum Gasteiger partial charge on any atom is -0.508 e. The van der Waals surface area contributed by atoms with E-state index in [9.17, 15) is 18.7 Å². The SMILES string of the molecule is CC/C(C)=c1/c(=C(\N=C(C)c2cc(F)cnc2NC2NC(C)=CC=C2F)C(N)=O)[nH]c2ccc(O)c(C)c12. The van der Waals surface area contributed by atoms with Crippen LogP contribution in [0.2, 0.25) is 0 Å². The summed E-state index contributed by atoms with van der Waals surface area (Å²) in [5.41, 5.74) is 9.24. The molecule has 10 heteroatoms. The van der Waals surface area contributed by atoms with Crippen molar-refractivity contribution in [1.82, 2.24) is 15.3 Å². The molecule has 198 valence electrons. The van der Waals surface area contributed by atoms with Gasteiger partial charge in [-0.2, -0.15) is 0 Å². The minimum absolute atomic E-state index is 0.0729. The molecule has 1 unspecified atom stereocenters. The van der Waals surface area contributed by atoms with Crippen LogP contribution in [0.15, 0.2) is 53.1 Å². The smallest absolute Gasteiger partial charge is 0.269 e. The fraction of sp³-hybridized carbons (Fsp3) is 0.250. The van der Waals surface area contributed by atoms with Crippen LogP contribution in [0, 0.1) is 12.7 Å². The number of phenols is 1. The number of hydrogen-bond acceptors (Lipinski definition) is 6. The predicted octanol–water partition coefficient (Wildman–Crippen LogP) is 3.50. The third-order valence-corrected chi connectivity index (χ3v) is 6.57. The Labute approximate surface area is 218 Å². The van der Waals surface area contributed by atoms with Crippen molar-refractivity contribution in [3.05, 3.63) is 75.6 Å². The molecule has 1 aliphatic rings. The molecular formula is C28H30F2N6O2. The first-order chi connectivity index (χ1) is 18.0. The van der Waals surface area contributed by atoms with Gasteiger partial charge in [0.05, 0.1) is 11.5 Å². The highest BCUT2D eigenvalue weighted by Gasteiger charge is 2.21. The zero-order valence-electron chi connectivity index (χ0n) is 21.8. The molecule has 6 N–H and O–H groups in total. The number of aromatic amines is 1. The van der Waals surface area contributed by atoms with Gasteiger partial charge in [0, 0.05) is 38.7 Å². The zero-order chi connectivity index (χ0) is 27.7. The van der Waals surface area contributed by atoms with Crippen molar-refractivity contribution < 1.29 is 18.7 Å². The van der Waals surface area contributed by atoms with Gasteiger partial charge in [0.1, 0.15) is 23.2 Å². The summed E-state index contributed by atoms with van der Waals surface area (Å²) >= 11 is 0. The zero-order valence-corrected chi connectivity index (χ0v) is 21.8. The van der Waals surface area contributed by atoms with Crippen molar-refractivity contribution in [3.63, 3.8) is 0 Å². The fourth-order valence-corrected chi connectivity index (χ4v) is 4.41. The molecule has 3 aromatic rings. The number of H-pyrrole nitrogens is 1. The normalized spacial score (nSPS) is 17.4. The van der Waals surface area contributed by atoms with E-state index in [-0.39, 0.29) is 28.5 Å². The third kappa shape index (κ3) is 5.02. The number of aliphatic imine (C=N–C) groups is 1. The number of nitrogens with zero attached hydrogens (tertiary/aromatic N) is 2. The van der Waals surface area contributed by atoms with Crippen molar-refractivity contribution in [3.8, 4) is 5.75 Å². The van der Waals surface area contributed by atoms with Crippen LogP contribution < -0.4 is 26.9 Å². The number of rotatable bonds is 6. The molecular weight excluding hydrogens is 490 g/mol. The number of primary amides is 1. The quantitative estimate of drug-likeness (QED) is 0.318. The van der Waals surface area contributed by atoms with E-state index in [1.807, 2.05) is 13.8 Å². The lowest BCUT2D eigenvalue weighted by Gasteiger charge is -2.24. The van der Waals surface area contributed by atoms with Crippen LogP contribution in [0.25, 0.3) is 22.2 Å². The maximum absolute atomic E-state index is 14.4. The largest absolute Gasteiger partial charge is 0.508 e. The number of carbonyl (C=O) groups is 1. The van der Waals surface area contributed by atoms with Gasteiger partial charge in [0.2, 0.25) is 0 Å². The summed E-state index contributed by atoms with van der Waals surface area (Å²) in [7, 11) is 0. The molecule has 0 spiro atoms. The summed E-state index contributed by atoms with van der Waals surface area (Å²) in [6.45, 7) is 9.08. The number of aryl methyl sites for hydroxylation is 1. The Morgan fingerprint density at radius 3 is 2.66 bits per heavy atom. The van der Waals surface area contributed by atoms with Gasteiger partial charge in [0.25, 0.3) is 5.91 Å². The van der Waals surface area contributed by atoms with E-state index in [4.69, 9.17) is 5.73 Å². The van der Waals surface area contributed by atoms with Crippen LogP contribution in [-0.4, -0.2) is 32.9 Å². The van der Waals surface area contributed by atoms with Crippen molar-refractivity contribution in [2.75, 3.05) is 5.32 Å². The summed E-state index contributed by atoms with van der Waals surface area (Å²) in [4.78, 5) is 24.6. The van der Waals surface area contributed by atoms with Gasteiger partial charge in [-0.1, -0.05) is 12.5 Å². The van der Waals surface area contributed by atoms with E-state index in [0.717, 1.165) is 28.1 Å². The Bertz CT molecular complexity index is 1670. The molecule has 0 saturated heterocycles.